The van der Waals surface area contributed by atoms with Crippen molar-refractivity contribution < 1.29 is 8.42 Å². The van der Waals surface area contributed by atoms with Crippen LogP contribution in [-0.4, -0.2) is 62.1 Å². The van der Waals surface area contributed by atoms with Crippen LogP contribution in [0.3, 0.4) is 0 Å². The van der Waals surface area contributed by atoms with E-state index in [9.17, 15) is 8.42 Å². The average Bonchev–Trinajstić information content (AvgIpc) is 2.78. The predicted octanol–water partition coefficient (Wildman–Crippen LogP) is 0.548. The fraction of sp³-hybridized carbons (Fsp3) is 1.00. The van der Waals surface area contributed by atoms with Gasteiger partial charge in [-0.2, -0.15) is 11.8 Å². The Morgan fingerprint density at radius 2 is 2.29 bits per heavy atom. The Kier molecular flexibility index (Phi) is 4.74. The van der Waals surface area contributed by atoms with Crippen LogP contribution >= 0.6 is 11.8 Å². The molecule has 0 aromatic rings. The maximum atomic E-state index is 11.7. The van der Waals surface area contributed by atoms with Gasteiger partial charge in [-0.25, -0.2) is 8.42 Å². The second-order valence-electron chi connectivity index (χ2n) is 4.98. The Hall–Kier alpha value is 0.220. The molecule has 4 nitrogen and oxygen atoms in total. The number of thioether (sulfide) groups is 1. The zero-order valence-corrected chi connectivity index (χ0v) is 12.0. The van der Waals surface area contributed by atoms with Crippen LogP contribution < -0.4 is 5.32 Å². The molecular weight excluding hydrogens is 256 g/mol. The van der Waals surface area contributed by atoms with E-state index < -0.39 is 9.84 Å². The number of hydrogen-bond donors (Lipinski definition) is 1. The summed E-state index contributed by atoms with van der Waals surface area (Å²) in [6, 6.07) is 0.602. The van der Waals surface area contributed by atoms with E-state index in [4.69, 9.17) is 0 Å². The van der Waals surface area contributed by atoms with Crippen molar-refractivity contribution in [1.29, 1.82) is 0 Å². The molecule has 2 saturated heterocycles. The largest absolute Gasteiger partial charge is 0.314 e. The van der Waals surface area contributed by atoms with Crippen molar-refractivity contribution in [2.45, 2.75) is 30.7 Å². The number of hydrogen-bond acceptors (Lipinski definition) is 5. The van der Waals surface area contributed by atoms with Crippen LogP contribution in [-0.2, 0) is 9.84 Å². The molecule has 0 amide bonds. The van der Waals surface area contributed by atoms with E-state index in [0.29, 0.717) is 6.04 Å². The van der Waals surface area contributed by atoms with Gasteiger partial charge in [-0.15, -0.1) is 0 Å². The van der Waals surface area contributed by atoms with Gasteiger partial charge in [0, 0.05) is 36.9 Å². The van der Waals surface area contributed by atoms with Gasteiger partial charge in [0.2, 0.25) is 0 Å². The van der Waals surface area contributed by atoms with Crippen LogP contribution in [0.2, 0.25) is 0 Å². The van der Waals surface area contributed by atoms with Crippen molar-refractivity contribution in [3.05, 3.63) is 0 Å². The Morgan fingerprint density at radius 3 is 2.94 bits per heavy atom. The highest BCUT2D eigenvalue weighted by atomic mass is 32.2. The van der Waals surface area contributed by atoms with Gasteiger partial charge in [0.1, 0.15) is 5.37 Å². The molecule has 2 atom stereocenters. The van der Waals surface area contributed by atoms with E-state index in [0.717, 1.165) is 37.6 Å². The maximum absolute atomic E-state index is 11.7. The first-order chi connectivity index (χ1) is 8.07. The van der Waals surface area contributed by atoms with E-state index in [1.165, 1.54) is 19.1 Å². The molecular formula is C11H22N2O2S2. The van der Waals surface area contributed by atoms with Crippen molar-refractivity contribution >= 4 is 21.6 Å². The topological polar surface area (TPSA) is 49.4 Å². The summed E-state index contributed by atoms with van der Waals surface area (Å²) in [5.74, 6) is 1.79. The average molecular weight is 278 g/mol. The summed E-state index contributed by atoms with van der Waals surface area (Å²) in [7, 11) is -2.94. The minimum atomic E-state index is -2.94. The molecule has 0 aromatic heterocycles. The van der Waals surface area contributed by atoms with Crippen molar-refractivity contribution in [2.24, 2.45) is 0 Å². The lowest BCUT2D eigenvalue weighted by atomic mass is 10.1. The first kappa shape index (κ1) is 13.6. The molecule has 6 heteroatoms. The minimum absolute atomic E-state index is 0.261. The van der Waals surface area contributed by atoms with Gasteiger partial charge in [-0.05, 0) is 25.8 Å². The molecule has 2 rings (SSSR count). The molecule has 0 spiro atoms. The van der Waals surface area contributed by atoms with Gasteiger partial charge in [0.15, 0.2) is 9.84 Å². The van der Waals surface area contributed by atoms with Gasteiger partial charge in [-0.1, -0.05) is 0 Å². The van der Waals surface area contributed by atoms with Crippen molar-refractivity contribution in [2.75, 3.05) is 37.4 Å². The molecule has 2 fully saturated rings. The van der Waals surface area contributed by atoms with Gasteiger partial charge < -0.3 is 5.32 Å². The summed E-state index contributed by atoms with van der Waals surface area (Å²) >= 11 is 1.76. The Bertz CT molecular complexity index is 339. The smallest absolute Gasteiger partial charge is 0.164 e. The SMILES string of the molecule is CS(=O)(=O)C1CSCCN1CCC1CCCN1. The van der Waals surface area contributed by atoms with E-state index in [1.54, 1.807) is 11.8 Å². The molecule has 0 bridgehead atoms. The molecule has 2 aliphatic rings. The Labute approximate surface area is 108 Å². The summed E-state index contributed by atoms with van der Waals surface area (Å²) in [5.41, 5.74) is 0. The fourth-order valence-corrected chi connectivity index (χ4v) is 5.56. The van der Waals surface area contributed by atoms with E-state index >= 15 is 0 Å². The lowest BCUT2D eigenvalue weighted by Gasteiger charge is -2.34. The molecule has 2 unspecified atom stereocenters. The third-order valence-electron chi connectivity index (χ3n) is 3.61. The van der Waals surface area contributed by atoms with Crippen molar-refractivity contribution in [1.82, 2.24) is 10.2 Å². The summed E-state index contributed by atoms with van der Waals surface area (Å²) in [4.78, 5) is 2.16. The zero-order valence-electron chi connectivity index (χ0n) is 10.4. The first-order valence-electron chi connectivity index (χ1n) is 6.31. The summed E-state index contributed by atoms with van der Waals surface area (Å²) in [6.45, 7) is 2.95. The lowest BCUT2D eigenvalue weighted by molar-refractivity contribution is 0.256. The summed E-state index contributed by atoms with van der Waals surface area (Å²) < 4.78 is 23.4. The second kappa shape index (κ2) is 5.91. The molecule has 2 aliphatic heterocycles. The van der Waals surface area contributed by atoms with Crippen molar-refractivity contribution in [3.8, 4) is 0 Å². The van der Waals surface area contributed by atoms with Crippen molar-refractivity contribution in [3.63, 3.8) is 0 Å². The Balaban J connectivity index is 1.87. The maximum Gasteiger partial charge on any atom is 0.164 e. The summed E-state index contributed by atoms with van der Waals surface area (Å²) in [6.07, 6.45) is 4.95. The highest BCUT2D eigenvalue weighted by Crippen LogP contribution is 2.21. The highest BCUT2D eigenvalue weighted by molar-refractivity contribution is 8.00. The molecule has 2 heterocycles. The van der Waals surface area contributed by atoms with Crippen LogP contribution in [0.15, 0.2) is 0 Å². The van der Waals surface area contributed by atoms with Gasteiger partial charge >= 0.3 is 0 Å². The van der Waals surface area contributed by atoms with Crippen LogP contribution in [0.4, 0.5) is 0 Å². The second-order valence-corrected chi connectivity index (χ2v) is 8.33. The monoisotopic (exact) mass is 278 g/mol. The molecule has 0 aromatic carbocycles. The van der Waals surface area contributed by atoms with E-state index in [2.05, 4.69) is 10.2 Å². The number of sulfone groups is 1. The third kappa shape index (κ3) is 3.84. The zero-order chi connectivity index (χ0) is 12.3. The standard InChI is InChI=1S/C11H22N2O2S2/c1-17(14,15)11-9-16-8-7-13(11)6-4-10-3-2-5-12-10/h10-12H,2-9H2,1H3. The van der Waals surface area contributed by atoms with Crippen LogP contribution in [0.1, 0.15) is 19.3 Å². The Morgan fingerprint density at radius 1 is 1.47 bits per heavy atom. The molecule has 0 radical (unpaired) electrons. The normalized spacial score (nSPS) is 31.8. The molecule has 100 valence electrons. The molecule has 0 aliphatic carbocycles. The van der Waals surface area contributed by atoms with Crippen LogP contribution in [0.25, 0.3) is 0 Å². The van der Waals surface area contributed by atoms with Crippen LogP contribution in [0, 0.1) is 0 Å². The van der Waals surface area contributed by atoms with Gasteiger partial charge in [0.05, 0.1) is 0 Å². The minimum Gasteiger partial charge on any atom is -0.314 e. The highest BCUT2D eigenvalue weighted by Gasteiger charge is 2.31. The fourth-order valence-electron chi connectivity index (χ4n) is 2.59. The quantitative estimate of drug-likeness (QED) is 0.814. The third-order valence-corrected chi connectivity index (χ3v) is 6.30. The predicted molar refractivity (Wildman–Crippen MR) is 73.2 cm³/mol. The van der Waals surface area contributed by atoms with E-state index in [1.807, 2.05) is 0 Å². The van der Waals surface area contributed by atoms with Crippen LogP contribution in [0.5, 0.6) is 0 Å². The number of nitrogens with one attached hydrogen (secondary N) is 1. The molecule has 0 saturated carbocycles. The summed E-state index contributed by atoms with van der Waals surface area (Å²) in [5, 5.41) is 3.21. The van der Waals surface area contributed by atoms with Gasteiger partial charge in [0.25, 0.3) is 0 Å². The first-order valence-corrected chi connectivity index (χ1v) is 9.42. The van der Waals surface area contributed by atoms with Gasteiger partial charge in [-0.3, -0.25) is 4.90 Å². The molecule has 17 heavy (non-hydrogen) atoms. The number of rotatable bonds is 4. The van der Waals surface area contributed by atoms with E-state index in [-0.39, 0.29) is 5.37 Å². The number of nitrogens with zero attached hydrogens (tertiary/aromatic N) is 1. The lowest BCUT2D eigenvalue weighted by Crippen LogP contribution is -2.48. The molecule has 1 N–H and O–H groups in total.